The van der Waals surface area contributed by atoms with E-state index in [1.807, 2.05) is 6.07 Å². The van der Waals surface area contributed by atoms with Gasteiger partial charge in [0.25, 0.3) is 0 Å². The van der Waals surface area contributed by atoms with E-state index in [2.05, 4.69) is 15.0 Å². The SMILES string of the molecule is CCOP(=O)(C=CC1CC(OC(=O)c2ccccc2)C(n2cnc3c(N)ncnc32)O1)OCC. The Bertz CT molecular complexity index is 1210. The first-order valence-electron chi connectivity index (χ1n) is 10.9. The number of anilines is 1. The van der Waals surface area contributed by atoms with Gasteiger partial charge in [-0.15, -0.1) is 0 Å². The summed E-state index contributed by atoms with van der Waals surface area (Å²) in [5, 5.41) is 0. The number of benzene rings is 1. The lowest BCUT2D eigenvalue weighted by atomic mass is 10.2. The molecule has 0 saturated carbocycles. The lowest BCUT2D eigenvalue weighted by Crippen LogP contribution is -2.25. The zero-order chi connectivity index (χ0) is 24.1. The second-order valence-corrected chi connectivity index (χ2v) is 9.30. The van der Waals surface area contributed by atoms with Crippen LogP contribution in [0.15, 0.2) is 54.9 Å². The normalized spacial score (nSPS) is 20.8. The number of fused-ring (bicyclic) bond motifs is 1. The van der Waals surface area contributed by atoms with Gasteiger partial charge in [-0.1, -0.05) is 18.2 Å². The Hall–Kier alpha value is -3.11. The first-order chi connectivity index (χ1) is 16.4. The van der Waals surface area contributed by atoms with Crippen molar-refractivity contribution in [1.82, 2.24) is 19.5 Å². The molecular formula is C22H26N5O6P. The first-order valence-corrected chi connectivity index (χ1v) is 12.5. The highest BCUT2D eigenvalue weighted by molar-refractivity contribution is 7.57. The van der Waals surface area contributed by atoms with E-state index in [9.17, 15) is 9.36 Å². The number of carbonyl (C=O) groups is 1. The maximum atomic E-state index is 12.8. The summed E-state index contributed by atoms with van der Waals surface area (Å²) in [6, 6.07) is 8.67. The summed E-state index contributed by atoms with van der Waals surface area (Å²) in [6.45, 7) is 3.93. The van der Waals surface area contributed by atoms with Crippen LogP contribution < -0.4 is 5.73 Å². The topological polar surface area (TPSA) is 141 Å². The van der Waals surface area contributed by atoms with Gasteiger partial charge in [-0.05, 0) is 32.1 Å². The Morgan fingerprint density at radius 1 is 1.21 bits per heavy atom. The quantitative estimate of drug-likeness (QED) is 0.351. The number of rotatable bonds is 9. The number of carbonyl (C=O) groups excluding carboxylic acids is 1. The molecule has 1 aliphatic rings. The minimum atomic E-state index is -3.42. The lowest BCUT2D eigenvalue weighted by Gasteiger charge is -2.20. The molecule has 1 fully saturated rings. The Morgan fingerprint density at radius 2 is 1.94 bits per heavy atom. The van der Waals surface area contributed by atoms with Gasteiger partial charge in [0.2, 0.25) is 0 Å². The molecular weight excluding hydrogens is 461 g/mol. The monoisotopic (exact) mass is 487 g/mol. The second kappa shape index (κ2) is 10.4. The number of esters is 1. The molecule has 34 heavy (non-hydrogen) atoms. The molecule has 0 aliphatic carbocycles. The fourth-order valence-corrected chi connectivity index (χ4v) is 5.03. The van der Waals surface area contributed by atoms with Crippen LogP contribution in [0.5, 0.6) is 0 Å². The third-order valence-corrected chi connectivity index (χ3v) is 6.90. The summed E-state index contributed by atoms with van der Waals surface area (Å²) in [5.74, 6) is 1.12. The van der Waals surface area contributed by atoms with Crippen LogP contribution in [-0.4, -0.2) is 50.9 Å². The standard InChI is InChI=1S/C22H26N5O6P/c1-3-30-34(29,31-4-2)11-10-16-12-17(33-22(28)15-8-6-5-7-9-15)21(32-16)27-14-26-18-19(23)24-13-25-20(18)27/h5-11,13-14,16-17,21H,3-4,12H2,1-2H3,(H2,23,24,25). The van der Waals surface area contributed by atoms with E-state index in [0.717, 1.165) is 0 Å². The molecule has 0 spiro atoms. The van der Waals surface area contributed by atoms with Crippen molar-refractivity contribution in [2.75, 3.05) is 18.9 Å². The van der Waals surface area contributed by atoms with Crippen LogP contribution in [0.2, 0.25) is 0 Å². The Balaban J connectivity index is 1.62. The maximum absolute atomic E-state index is 12.8. The van der Waals surface area contributed by atoms with Crippen molar-refractivity contribution in [2.24, 2.45) is 0 Å². The molecule has 0 bridgehead atoms. The largest absolute Gasteiger partial charge is 0.454 e. The predicted molar refractivity (Wildman–Crippen MR) is 124 cm³/mol. The molecule has 3 aromatic rings. The molecule has 12 heteroatoms. The van der Waals surface area contributed by atoms with Crippen molar-refractivity contribution in [1.29, 1.82) is 0 Å². The molecule has 4 rings (SSSR count). The summed E-state index contributed by atoms with van der Waals surface area (Å²) in [6.07, 6.45) is 2.78. The van der Waals surface area contributed by atoms with Gasteiger partial charge in [-0.3, -0.25) is 9.13 Å². The van der Waals surface area contributed by atoms with E-state index in [-0.39, 0.29) is 19.0 Å². The van der Waals surface area contributed by atoms with Gasteiger partial charge in [-0.25, -0.2) is 19.7 Å². The molecule has 3 atom stereocenters. The first kappa shape index (κ1) is 24.0. The Labute approximate surface area is 196 Å². The van der Waals surface area contributed by atoms with E-state index < -0.39 is 32.0 Å². The predicted octanol–water partition coefficient (Wildman–Crippen LogP) is 3.70. The highest BCUT2D eigenvalue weighted by Gasteiger charge is 2.40. The average molecular weight is 487 g/mol. The number of nitrogen functional groups attached to an aromatic ring is 1. The molecule has 180 valence electrons. The van der Waals surface area contributed by atoms with Crippen molar-refractivity contribution in [2.45, 2.75) is 38.7 Å². The van der Waals surface area contributed by atoms with Crippen LogP contribution in [0.4, 0.5) is 5.82 Å². The molecule has 1 saturated heterocycles. The van der Waals surface area contributed by atoms with Crippen LogP contribution >= 0.6 is 7.60 Å². The molecule has 0 radical (unpaired) electrons. The minimum absolute atomic E-state index is 0.227. The zero-order valence-electron chi connectivity index (χ0n) is 18.8. The highest BCUT2D eigenvalue weighted by atomic mass is 31.2. The minimum Gasteiger partial charge on any atom is -0.454 e. The van der Waals surface area contributed by atoms with E-state index >= 15 is 0 Å². The molecule has 3 heterocycles. The van der Waals surface area contributed by atoms with Gasteiger partial charge < -0.3 is 24.3 Å². The fourth-order valence-electron chi connectivity index (χ4n) is 3.66. The third-order valence-electron chi connectivity index (χ3n) is 5.13. The molecule has 1 aromatic carbocycles. The molecule has 3 unspecified atom stereocenters. The molecule has 0 amide bonds. The Morgan fingerprint density at radius 3 is 2.65 bits per heavy atom. The second-order valence-electron chi connectivity index (χ2n) is 7.41. The van der Waals surface area contributed by atoms with Crippen LogP contribution in [0, 0.1) is 0 Å². The van der Waals surface area contributed by atoms with E-state index in [0.29, 0.717) is 23.1 Å². The average Bonchev–Trinajstić information content (AvgIpc) is 3.43. The van der Waals surface area contributed by atoms with E-state index in [1.54, 1.807) is 48.8 Å². The summed E-state index contributed by atoms with van der Waals surface area (Å²) >= 11 is 0. The van der Waals surface area contributed by atoms with Gasteiger partial charge in [-0.2, -0.15) is 0 Å². The van der Waals surface area contributed by atoms with Crippen molar-refractivity contribution < 1.29 is 27.9 Å². The molecule has 1 aliphatic heterocycles. The summed E-state index contributed by atoms with van der Waals surface area (Å²) < 4.78 is 37.1. The summed E-state index contributed by atoms with van der Waals surface area (Å²) in [5.41, 5.74) is 7.19. The van der Waals surface area contributed by atoms with Crippen LogP contribution in [0.25, 0.3) is 11.2 Å². The van der Waals surface area contributed by atoms with Crippen molar-refractivity contribution in [3.05, 3.63) is 60.4 Å². The van der Waals surface area contributed by atoms with Gasteiger partial charge in [0, 0.05) is 12.2 Å². The highest BCUT2D eigenvalue weighted by Crippen LogP contribution is 2.50. The van der Waals surface area contributed by atoms with Gasteiger partial charge in [0.15, 0.2) is 23.8 Å². The summed E-state index contributed by atoms with van der Waals surface area (Å²) in [4.78, 5) is 25.3. The number of nitrogens with zero attached hydrogens (tertiary/aromatic N) is 4. The van der Waals surface area contributed by atoms with E-state index in [4.69, 9.17) is 24.3 Å². The number of nitrogens with two attached hydrogens (primary N) is 1. The van der Waals surface area contributed by atoms with Crippen LogP contribution in [-0.2, 0) is 23.1 Å². The van der Waals surface area contributed by atoms with Crippen LogP contribution in [0.3, 0.4) is 0 Å². The number of hydrogen-bond acceptors (Lipinski definition) is 10. The molecule has 11 nitrogen and oxygen atoms in total. The number of ether oxygens (including phenoxy) is 2. The molecule has 2 N–H and O–H groups in total. The summed E-state index contributed by atoms with van der Waals surface area (Å²) in [7, 11) is -3.42. The van der Waals surface area contributed by atoms with Gasteiger partial charge in [0.1, 0.15) is 11.8 Å². The van der Waals surface area contributed by atoms with Gasteiger partial charge in [0.05, 0.1) is 31.2 Å². The van der Waals surface area contributed by atoms with E-state index in [1.165, 1.54) is 18.5 Å². The number of imidazole rings is 1. The van der Waals surface area contributed by atoms with Gasteiger partial charge >= 0.3 is 13.6 Å². The maximum Gasteiger partial charge on any atom is 0.353 e. The lowest BCUT2D eigenvalue weighted by molar-refractivity contribution is -0.0381. The van der Waals surface area contributed by atoms with Crippen molar-refractivity contribution in [3.8, 4) is 0 Å². The van der Waals surface area contributed by atoms with Crippen molar-refractivity contribution in [3.63, 3.8) is 0 Å². The van der Waals surface area contributed by atoms with Crippen molar-refractivity contribution >= 4 is 30.5 Å². The fraction of sp³-hybridized carbons (Fsp3) is 0.364. The van der Waals surface area contributed by atoms with Crippen LogP contribution in [0.1, 0.15) is 36.9 Å². The zero-order valence-corrected chi connectivity index (χ0v) is 19.7. The Kier molecular flexibility index (Phi) is 7.38. The molecule has 2 aromatic heterocycles. The smallest absolute Gasteiger partial charge is 0.353 e. The number of aromatic nitrogens is 4. The third kappa shape index (κ3) is 5.18. The number of hydrogen-bond donors (Lipinski definition) is 1.